The number of pyridine rings is 5. The molecule has 2 fully saturated rings. The van der Waals surface area contributed by atoms with Crippen molar-refractivity contribution in [3.8, 4) is 5.69 Å². The number of rotatable bonds is 27. The van der Waals surface area contributed by atoms with Gasteiger partial charge < -0.3 is 10.2 Å². The van der Waals surface area contributed by atoms with E-state index in [0.29, 0.717) is 61.3 Å². The van der Waals surface area contributed by atoms with E-state index in [9.17, 15) is 9.59 Å². The molecule has 0 radical (unpaired) electrons. The van der Waals surface area contributed by atoms with E-state index in [0.717, 1.165) is 143 Å². The molecule has 26 heteroatoms. The van der Waals surface area contributed by atoms with Gasteiger partial charge in [-0.05, 0) is 251 Å². The highest BCUT2D eigenvalue weighted by atomic mass is 16.2. The zero-order valence-electron chi connectivity index (χ0n) is 70.6. The lowest BCUT2D eigenvalue weighted by Gasteiger charge is -2.32. The fourth-order valence-electron chi connectivity index (χ4n) is 18.8. The summed E-state index contributed by atoms with van der Waals surface area (Å²) in [7, 11) is 8.64. The van der Waals surface area contributed by atoms with Crippen LogP contribution in [-0.4, -0.2) is 180 Å². The minimum absolute atomic E-state index is 0.215. The van der Waals surface area contributed by atoms with Crippen LogP contribution in [0.4, 0.5) is 0 Å². The smallest absolute Gasteiger partial charge is 0.261 e. The lowest BCUT2D eigenvalue weighted by molar-refractivity contribution is 0.0650. The first kappa shape index (κ1) is 83.7. The molecule has 0 bridgehead atoms. The summed E-state index contributed by atoms with van der Waals surface area (Å²) >= 11 is 0. The number of likely N-dealkylation sites (tertiary alicyclic amines) is 1. The second-order valence-corrected chi connectivity index (χ2v) is 34.3. The second-order valence-electron chi connectivity index (χ2n) is 34.3. The summed E-state index contributed by atoms with van der Waals surface area (Å²) in [6, 6.07) is 39.6. The number of nitrogens with one attached hydrogen (secondary N) is 1. The SMILES string of the molecule is CC(C)CN1CCC(Cn2cc(CN(C)C3CCCc4cccnc43)nn2)CC1.CN(Cc1cn(-c2ccccc2CNCc2ccccn2)nn1)C1CCCc2cccnc21.CN(Cc1cn(CC2CCCCC2)nn1)C1CCCc2cccnc21.CN(Cc1cn(CCCN2C(=O)c3ccccc3C2=O)nn1)C1CCCc2cccnc21. The van der Waals surface area contributed by atoms with Crippen molar-refractivity contribution in [1.82, 2.24) is 120 Å². The van der Waals surface area contributed by atoms with Gasteiger partial charge in [0, 0.05) is 122 Å². The van der Waals surface area contributed by atoms with Crippen molar-refractivity contribution >= 4 is 11.8 Å². The van der Waals surface area contributed by atoms with Gasteiger partial charge in [-0.3, -0.25) is 73.1 Å². The molecule has 2 aromatic carbocycles. The third-order valence-corrected chi connectivity index (χ3v) is 24.9. The Kier molecular flexibility index (Phi) is 28.9. The minimum atomic E-state index is -0.215. The van der Waals surface area contributed by atoms with Crippen LogP contribution >= 0.6 is 0 Å². The summed E-state index contributed by atoms with van der Waals surface area (Å²) in [6.07, 6.45) is 41.7. The predicted octanol–water partition coefficient (Wildman–Crippen LogP) is 14.0. The summed E-state index contributed by atoms with van der Waals surface area (Å²) < 4.78 is 7.80. The molecule has 2 aliphatic heterocycles. The molecule has 11 heterocycles. The van der Waals surface area contributed by atoms with Gasteiger partial charge in [0.15, 0.2) is 0 Å². The molecule has 7 aliphatic rings. The Balaban J connectivity index is 0.000000124. The first-order valence-electron chi connectivity index (χ1n) is 43.8. The van der Waals surface area contributed by atoms with Crippen LogP contribution in [0.2, 0.25) is 0 Å². The van der Waals surface area contributed by atoms with Crippen LogP contribution in [0.1, 0.15) is 241 Å². The molecule has 1 saturated carbocycles. The van der Waals surface area contributed by atoms with Gasteiger partial charge >= 0.3 is 0 Å². The first-order valence-corrected chi connectivity index (χ1v) is 43.8. The third kappa shape index (κ3) is 22.0. The Morgan fingerprint density at radius 1 is 0.403 bits per heavy atom. The number of carbonyl (C=O) groups is 2. The lowest BCUT2D eigenvalue weighted by Crippen LogP contribution is -2.37. The number of benzene rings is 2. The van der Waals surface area contributed by atoms with Crippen LogP contribution < -0.4 is 5.32 Å². The molecule has 1 N–H and O–H groups in total. The molecule has 18 rings (SSSR count). The Bertz CT molecular complexity index is 5010. The average molecular weight is 1610 g/mol. The van der Waals surface area contributed by atoms with Gasteiger partial charge in [-0.25, -0.2) is 4.68 Å². The Morgan fingerprint density at radius 3 is 1.29 bits per heavy atom. The van der Waals surface area contributed by atoms with E-state index in [1.807, 2.05) is 84.5 Å². The maximum Gasteiger partial charge on any atom is 0.261 e. The van der Waals surface area contributed by atoms with E-state index >= 15 is 0 Å². The molecular weight excluding hydrogens is 1490 g/mol. The zero-order chi connectivity index (χ0) is 81.8. The minimum Gasteiger partial charge on any atom is -0.307 e. The Hall–Kier alpha value is -10.4. The Morgan fingerprint density at radius 2 is 0.824 bits per heavy atom. The number of imide groups is 1. The normalized spacial score (nSPS) is 18.7. The van der Waals surface area contributed by atoms with Crippen LogP contribution in [0.3, 0.4) is 0 Å². The van der Waals surface area contributed by atoms with Gasteiger partial charge in [0.25, 0.3) is 11.8 Å². The fraction of sp³-hybridized carbons (Fsp3) is 0.495. The van der Waals surface area contributed by atoms with Crippen molar-refractivity contribution in [2.75, 3.05) is 54.4 Å². The molecule has 11 aromatic rings. The molecular formula is C93H120N24O2. The van der Waals surface area contributed by atoms with Crippen molar-refractivity contribution in [3.05, 3.63) is 261 Å². The van der Waals surface area contributed by atoms with Gasteiger partial charge in [0.1, 0.15) is 0 Å². The Labute approximate surface area is 701 Å². The fourth-order valence-corrected chi connectivity index (χ4v) is 18.8. The van der Waals surface area contributed by atoms with E-state index in [4.69, 9.17) is 0 Å². The summed E-state index contributed by atoms with van der Waals surface area (Å²) in [4.78, 5) is 61.3. The quantitative estimate of drug-likeness (QED) is 0.0470. The summed E-state index contributed by atoms with van der Waals surface area (Å²) in [5.74, 6) is 1.84. The van der Waals surface area contributed by atoms with Crippen LogP contribution in [0.5, 0.6) is 0 Å². The average Bonchev–Trinajstić information content (AvgIpc) is 1.65. The first-order chi connectivity index (χ1) is 58.3. The van der Waals surface area contributed by atoms with Gasteiger partial charge in [-0.2, -0.15) is 0 Å². The highest BCUT2D eigenvalue weighted by molar-refractivity contribution is 6.21. The number of aryl methyl sites for hydroxylation is 5. The summed E-state index contributed by atoms with van der Waals surface area (Å²) in [5, 5.41) is 38.7. The van der Waals surface area contributed by atoms with E-state index in [1.54, 1.807) is 28.9 Å². The molecule has 1 saturated heterocycles. The maximum absolute atomic E-state index is 12.5. The predicted molar refractivity (Wildman–Crippen MR) is 459 cm³/mol. The van der Waals surface area contributed by atoms with Crippen molar-refractivity contribution < 1.29 is 9.59 Å². The number of hydrogen-bond donors (Lipinski definition) is 1. The zero-order valence-corrected chi connectivity index (χ0v) is 70.6. The van der Waals surface area contributed by atoms with Crippen LogP contribution in [0.15, 0.2) is 171 Å². The van der Waals surface area contributed by atoms with Crippen molar-refractivity contribution in [1.29, 1.82) is 0 Å². The number of piperidine rings is 1. The largest absolute Gasteiger partial charge is 0.307 e. The summed E-state index contributed by atoms with van der Waals surface area (Å²) in [6.45, 7) is 15.8. The van der Waals surface area contributed by atoms with Gasteiger partial charge in [-0.1, -0.05) is 115 Å². The summed E-state index contributed by atoms with van der Waals surface area (Å²) in [5.41, 5.74) is 18.6. The van der Waals surface area contributed by atoms with E-state index in [2.05, 4.69) is 214 Å². The van der Waals surface area contributed by atoms with Crippen molar-refractivity contribution in [2.24, 2.45) is 17.8 Å². The second kappa shape index (κ2) is 41.1. The molecule has 26 nitrogen and oxygen atoms in total. The standard InChI is InChI=1S/C26H29N7.C24H26N6O2.C23H36N6.C20H29N5/c1-32(25-13-6-9-20-10-7-15-29-26(20)25)18-23-19-33(31-30-23)24-12-3-2-8-21(24)16-27-17-22-11-4-5-14-28-22;1-28(21-11-4-7-17-8-5-12-25-22(17)21)15-18-16-29(27-26-18)13-6-14-30-23(31)19-9-2-3-10-20(19)24(30)32;1-18(2)14-28-12-9-19(10-13-28)15-29-17-21(25-26-29)16-27(3)22-8-4-6-20-7-5-11-24-23(20)22;1-24(19-11-5-9-17-10-6-12-21-20(17)19)14-18-15-25(23-22-18)13-16-7-3-2-4-8-16/h2-5,7-8,10-12,14-15,19,25,27H,6,9,13,16-18H2,1H3;2-3,5,8-10,12,16,21H,4,6-7,11,13-15H2,1H3;5,7,11,17-19,22H,4,6,8-10,12-16H2,1-3H3;6,10,12,15-16,19H,2-5,7-9,11,13-14H2,1H3. The molecule has 4 unspecified atom stereocenters. The highest BCUT2D eigenvalue weighted by Crippen LogP contribution is 2.38. The topological polar surface area (TPSA) is 253 Å². The number of para-hydroxylation sites is 1. The van der Waals surface area contributed by atoms with Crippen molar-refractivity contribution in [3.63, 3.8) is 0 Å². The van der Waals surface area contributed by atoms with Crippen LogP contribution in [0.25, 0.3) is 5.69 Å². The van der Waals surface area contributed by atoms with Gasteiger partial charge in [0.2, 0.25) is 0 Å². The number of carbonyl (C=O) groups excluding carboxylic acids is 2. The molecule has 0 spiro atoms. The number of aromatic nitrogens is 17. The number of hydrogen-bond acceptors (Lipinski definition) is 21. The van der Waals surface area contributed by atoms with Gasteiger partial charge in [-0.15, -0.1) is 20.4 Å². The van der Waals surface area contributed by atoms with Crippen molar-refractivity contribution in [2.45, 2.75) is 225 Å². The van der Waals surface area contributed by atoms with E-state index in [1.165, 1.54) is 152 Å². The molecule has 4 atom stereocenters. The molecule has 9 aromatic heterocycles. The van der Waals surface area contributed by atoms with E-state index < -0.39 is 0 Å². The molecule has 5 aliphatic carbocycles. The van der Waals surface area contributed by atoms with Gasteiger partial charge in [0.05, 0.1) is 98.4 Å². The lowest BCUT2D eigenvalue weighted by atomic mass is 9.89. The molecule has 624 valence electrons. The molecule has 2 amide bonds. The van der Waals surface area contributed by atoms with Crippen LogP contribution in [0, 0.1) is 17.8 Å². The monoisotopic (exact) mass is 1610 g/mol. The van der Waals surface area contributed by atoms with E-state index in [-0.39, 0.29) is 11.8 Å². The maximum atomic E-state index is 12.5. The number of fused-ring (bicyclic) bond motifs is 5. The number of amides is 2. The molecule has 119 heavy (non-hydrogen) atoms. The van der Waals surface area contributed by atoms with Crippen LogP contribution in [-0.2, 0) is 84.6 Å². The third-order valence-electron chi connectivity index (χ3n) is 24.9. The number of nitrogens with zero attached hydrogens (tertiary/aromatic N) is 23. The highest BCUT2D eigenvalue weighted by Gasteiger charge is 2.36.